The molecule has 0 aliphatic carbocycles. The van der Waals surface area contributed by atoms with Crippen molar-refractivity contribution >= 4 is 35.0 Å². The van der Waals surface area contributed by atoms with Crippen molar-refractivity contribution in [1.29, 1.82) is 0 Å². The molecule has 0 spiro atoms. The van der Waals surface area contributed by atoms with Gasteiger partial charge < -0.3 is 9.47 Å². The minimum Gasteiger partial charge on any atom is -0.494 e. The summed E-state index contributed by atoms with van der Waals surface area (Å²) in [6, 6.07) is 23.9. The topological polar surface area (TPSA) is 87.7 Å². The van der Waals surface area contributed by atoms with Gasteiger partial charge in [-0.2, -0.15) is 5.10 Å². The zero-order valence-electron chi connectivity index (χ0n) is 24.4. The first-order valence-electron chi connectivity index (χ1n) is 14.2. The van der Waals surface area contributed by atoms with E-state index in [4.69, 9.17) is 26.2 Å². The number of fused-ring (bicyclic) bond motifs is 1. The van der Waals surface area contributed by atoms with Gasteiger partial charge in [0.2, 0.25) is 0 Å². The molecule has 5 aromatic rings. The third-order valence-corrected chi connectivity index (χ3v) is 8.43. The highest BCUT2D eigenvalue weighted by atomic mass is 35.5. The SMILES string of the molecule is CCOC(=O)C1=C(C)N=c2s/c(=C\c3cn(-c4ccccc4)nc3-c3ccc(OCC)cc3)c(=O)n2[C@H]1c1ccc(Cl)cc1. The number of carbonyl (C=O) groups excluding carboxylic acids is 1. The molecular weight excluding hydrogens is 596 g/mol. The van der Waals surface area contributed by atoms with Crippen LogP contribution >= 0.6 is 22.9 Å². The van der Waals surface area contributed by atoms with Gasteiger partial charge in [-0.15, -0.1) is 0 Å². The van der Waals surface area contributed by atoms with Gasteiger partial charge in [0.25, 0.3) is 5.56 Å². The van der Waals surface area contributed by atoms with E-state index in [1.54, 1.807) is 35.2 Å². The summed E-state index contributed by atoms with van der Waals surface area (Å²) in [5.74, 6) is 0.258. The Hall–Kier alpha value is -4.73. The minimum absolute atomic E-state index is 0.201. The van der Waals surface area contributed by atoms with Crippen molar-refractivity contribution in [2.75, 3.05) is 13.2 Å². The monoisotopic (exact) mass is 624 g/mol. The molecular formula is C34H29ClN4O4S. The van der Waals surface area contributed by atoms with E-state index in [0.29, 0.717) is 37.9 Å². The molecule has 0 saturated heterocycles. The Morgan fingerprint density at radius 3 is 2.41 bits per heavy atom. The predicted molar refractivity (Wildman–Crippen MR) is 172 cm³/mol. The number of rotatable bonds is 8. The van der Waals surface area contributed by atoms with Crippen LogP contribution in [0.3, 0.4) is 0 Å². The number of hydrogen-bond acceptors (Lipinski definition) is 7. The Balaban J connectivity index is 1.53. The number of benzene rings is 3. The Kier molecular flexibility index (Phi) is 8.32. The maximum absolute atomic E-state index is 14.2. The molecule has 1 aliphatic rings. The Morgan fingerprint density at radius 2 is 1.73 bits per heavy atom. The van der Waals surface area contributed by atoms with E-state index < -0.39 is 12.0 Å². The fourth-order valence-corrected chi connectivity index (χ4v) is 6.36. The zero-order chi connectivity index (χ0) is 30.8. The summed E-state index contributed by atoms with van der Waals surface area (Å²) < 4.78 is 14.9. The smallest absolute Gasteiger partial charge is 0.338 e. The van der Waals surface area contributed by atoms with Gasteiger partial charge >= 0.3 is 5.97 Å². The molecule has 0 saturated carbocycles. The number of esters is 1. The van der Waals surface area contributed by atoms with Gasteiger partial charge in [0, 0.05) is 22.3 Å². The maximum Gasteiger partial charge on any atom is 0.338 e. The van der Waals surface area contributed by atoms with Gasteiger partial charge in [-0.1, -0.05) is 53.3 Å². The summed E-state index contributed by atoms with van der Waals surface area (Å²) in [5.41, 5.74) is 4.51. The molecule has 222 valence electrons. The van der Waals surface area contributed by atoms with Gasteiger partial charge in [-0.3, -0.25) is 9.36 Å². The molecule has 0 unspecified atom stereocenters. The summed E-state index contributed by atoms with van der Waals surface area (Å²) in [5, 5.41) is 5.46. The van der Waals surface area contributed by atoms with E-state index in [1.807, 2.05) is 85.9 Å². The molecule has 0 amide bonds. The van der Waals surface area contributed by atoms with Crippen molar-refractivity contribution in [2.45, 2.75) is 26.8 Å². The van der Waals surface area contributed by atoms with Gasteiger partial charge in [0.1, 0.15) is 11.4 Å². The second-order valence-corrected chi connectivity index (χ2v) is 11.5. The molecule has 0 N–H and O–H groups in total. The lowest BCUT2D eigenvalue weighted by Crippen LogP contribution is -2.39. The summed E-state index contributed by atoms with van der Waals surface area (Å²) in [6.07, 6.45) is 3.75. The lowest BCUT2D eigenvalue weighted by Gasteiger charge is -2.24. The van der Waals surface area contributed by atoms with Crippen LogP contribution in [0.1, 0.15) is 37.9 Å². The molecule has 6 rings (SSSR count). The van der Waals surface area contributed by atoms with Crippen LogP contribution in [-0.2, 0) is 9.53 Å². The lowest BCUT2D eigenvalue weighted by molar-refractivity contribution is -0.139. The summed E-state index contributed by atoms with van der Waals surface area (Å²) >= 11 is 7.45. The molecule has 3 aromatic carbocycles. The molecule has 1 aliphatic heterocycles. The van der Waals surface area contributed by atoms with Crippen LogP contribution in [-0.4, -0.2) is 33.5 Å². The number of para-hydroxylation sites is 1. The van der Waals surface area contributed by atoms with Crippen molar-refractivity contribution in [1.82, 2.24) is 14.3 Å². The van der Waals surface area contributed by atoms with E-state index in [2.05, 4.69) is 4.99 Å². The van der Waals surface area contributed by atoms with Crippen LogP contribution in [0, 0.1) is 0 Å². The number of carbonyl (C=O) groups is 1. The Bertz CT molecular complexity index is 2040. The average molecular weight is 625 g/mol. The predicted octanol–water partition coefficient (Wildman–Crippen LogP) is 5.70. The fraction of sp³-hybridized carbons (Fsp3) is 0.176. The minimum atomic E-state index is -0.720. The molecule has 0 radical (unpaired) electrons. The van der Waals surface area contributed by atoms with E-state index >= 15 is 0 Å². The normalized spacial score (nSPS) is 14.7. The number of allylic oxidation sites excluding steroid dienone is 1. The van der Waals surface area contributed by atoms with E-state index in [9.17, 15) is 9.59 Å². The maximum atomic E-state index is 14.2. The van der Waals surface area contributed by atoms with Crippen LogP contribution in [0.4, 0.5) is 0 Å². The van der Waals surface area contributed by atoms with Crippen LogP contribution in [0.5, 0.6) is 5.75 Å². The van der Waals surface area contributed by atoms with Crippen molar-refractivity contribution in [2.24, 2.45) is 4.99 Å². The number of ether oxygens (including phenoxy) is 2. The Morgan fingerprint density at radius 1 is 1.00 bits per heavy atom. The summed E-state index contributed by atoms with van der Waals surface area (Å²) in [6.45, 7) is 6.23. The largest absolute Gasteiger partial charge is 0.494 e. The average Bonchev–Trinajstić information content (AvgIpc) is 3.58. The van der Waals surface area contributed by atoms with E-state index in [-0.39, 0.29) is 12.2 Å². The molecule has 44 heavy (non-hydrogen) atoms. The number of hydrogen-bond donors (Lipinski definition) is 0. The summed E-state index contributed by atoms with van der Waals surface area (Å²) in [4.78, 5) is 32.5. The molecule has 0 bridgehead atoms. The highest BCUT2D eigenvalue weighted by Gasteiger charge is 2.33. The third-order valence-electron chi connectivity index (χ3n) is 7.19. The molecule has 3 heterocycles. The molecule has 0 fully saturated rings. The van der Waals surface area contributed by atoms with Gasteiger partial charge in [0.05, 0.1) is 40.7 Å². The second kappa shape index (κ2) is 12.5. The number of nitrogens with zero attached hydrogens (tertiary/aromatic N) is 4. The van der Waals surface area contributed by atoms with E-state index in [1.165, 1.54) is 11.3 Å². The van der Waals surface area contributed by atoms with Gasteiger partial charge in [0.15, 0.2) is 4.80 Å². The fourth-order valence-electron chi connectivity index (χ4n) is 5.20. The second-order valence-electron chi connectivity index (χ2n) is 10.0. The quantitative estimate of drug-likeness (QED) is 0.207. The number of thiazole rings is 1. The first-order valence-corrected chi connectivity index (χ1v) is 15.4. The van der Waals surface area contributed by atoms with E-state index in [0.717, 1.165) is 28.1 Å². The van der Waals surface area contributed by atoms with Crippen molar-refractivity contribution in [3.05, 3.63) is 132 Å². The molecule has 10 heteroatoms. The van der Waals surface area contributed by atoms with Crippen molar-refractivity contribution in [3.8, 4) is 22.7 Å². The van der Waals surface area contributed by atoms with Crippen LogP contribution in [0.2, 0.25) is 5.02 Å². The third kappa shape index (κ3) is 5.64. The highest BCUT2D eigenvalue weighted by molar-refractivity contribution is 7.07. The molecule has 2 aromatic heterocycles. The van der Waals surface area contributed by atoms with Crippen molar-refractivity contribution in [3.63, 3.8) is 0 Å². The number of aromatic nitrogens is 3. The summed E-state index contributed by atoms with van der Waals surface area (Å²) in [7, 11) is 0. The van der Waals surface area contributed by atoms with Gasteiger partial charge in [-0.25, -0.2) is 14.5 Å². The van der Waals surface area contributed by atoms with Crippen LogP contribution < -0.4 is 19.6 Å². The number of halogens is 1. The van der Waals surface area contributed by atoms with Gasteiger partial charge in [-0.05, 0) is 80.9 Å². The molecule has 8 nitrogen and oxygen atoms in total. The highest BCUT2D eigenvalue weighted by Crippen LogP contribution is 2.32. The lowest BCUT2D eigenvalue weighted by atomic mass is 9.96. The Labute approximate surface area is 262 Å². The standard InChI is InChI=1S/C34H29ClN4O4S/c1-4-42-27-17-13-22(14-18-27)30-24(20-38(37-30)26-9-7-6-8-10-26)19-28-32(40)39-31(23-11-15-25(35)16-12-23)29(33(41)43-5-2)21(3)36-34(39)44-28/h6-20,31H,4-5H2,1-3H3/b28-19-/t31-/m0/s1. The zero-order valence-corrected chi connectivity index (χ0v) is 25.9. The van der Waals surface area contributed by atoms with Crippen molar-refractivity contribution < 1.29 is 14.3 Å². The van der Waals surface area contributed by atoms with Crippen LogP contribution in [0.25, 0.3) is 23.0 Å². The first-order chi connectivity index (χ1) is 21.4. The molecule has 1 atom stereocenters. The first kappa shape index (κ1) is 29.3. The van der Waals surface area contributed by atoms with Crippen LogP contribution in [0.15, 0.2) is 106 Å².